The van der Waals surface area contributed by atoms with Gasteiger partial charge in [0, 0.05) is 36.3 Å². The first kappa shape index (κ1) is 17.6. The quantitative estimate of drug-likeness (QED) is 0.450. The van der Waals surface area contributed by atoms with Crippen LogP contribution in [0.25, 0.3) is 27.8 Å². The summed E-state index contributed by atoms with van der Waals surface area (Å²) >= 11 is 0. The van der Waals surface area contributed by atoms with Gasteiger partial charge < -0.3 is 10.3 Å². The summed E-state index contributed by atoms with van der Waals surface area (Å²) in [4.78, 5) is 13.2. The monoisotopic (exact) mass is 361 g/mol. The van der Waals surface area contributed by atoms with Gasteiger partial charge in [0.25, 0.3) is 0 Å². The first-order valence-electron chi connectivity index (χ1n) is 9.89. The van der Waals surface area contributed by atoms with E-state index >= 15 is 0 Å². The maximum absolute atomic E-state index is 5.15. The molecule has 0 amide bonds. The molecule has 3 aromatic heterocycles. The number of rotatable bonds is 7. The maximum atomic E-state index is 5.15. The molecule has 0 unspecified atom stereocenters. The number of aromatic amines is 1. The van der Waals surface area contributed by atoms with Crippen molar-refractivity contribution in [2.45, 2.75) is 45.4 Å². The van der Waals surface area contributed by atoms with Crippen molar-refractivity contribution in [1.82, 2.24) is 19.4 Å². The summed E-state index contributed by atoms with van der Waals surface area (Å²) in [6, 6.07) is 10.5. The number of hydrogen-bond acceptors (Lipinski definition) is 3. The zero-order chi connectivity index (χ0) is 18.8. The van der Waals surface area contributed by atoms with Crippen LogP contribution in [-0.2, 0) is 0 Å². The van der Waals surface area contributed by atoms with E-state index in [1.807, 2.05) is 19.4 Å². The molecule has 3 heterocycles. The summed E-state index contributed by atoms with van der Waals surface area (Å²) in [6.45, 7) is 4.50. The van der Waals surface area contributed by atoms with Gasteiger partial charge in [0.05, 0.1) is 5.69 Å². The lowest BCUT2D eigenvalue weighted by atomic mass is 9.97. The predicted octanol–water partition coefficient (Wildman–Crippen LogP) is 5.60. The number of anilines is 1. The molecule has 2 N–H and O–H groups in total. The van der Waals surface area contributed by atoms with Crippen LogP contribution in [0.1, 0.15) is 51.3 Å². The SMILES string of the molecule is CCCC(CCC)c1nc(-c2cc3ccccc3[nH]2)c2c(NC)nccn12. The molecule has 0 spiro atoms. The topological polar surface area (TPSA) is 58.0 Å². The molecule has 4 aromatic rings. The Hall–Kier alpha value is -2.82. The fourth-order valence-corrected chi connectivity index (χ4v) is 4.02. The summed E-state index contributed by atoms with van der Waals surface area (Å²) in [5.74, 6) is 2.45. The molecule has 5 heteroatoms. The number of nitrogens with one attached hydrogen (secondary N) is 2. The first-order chi connectivity index (χ1) is 13.3. The average Bonchev–Trinajstić information content (AvgIpc) is 3.29. The number of nitrogens with zero attached hydrogens (tertiary/aromatic N) is 3. The van der Waals surface area contributed by atoms with Crippen LogP contribution < -0.4 is 5.32 Å². The van der Waals surface area contributed by atoms with E-state index in [0.717, 1.165) is 59.7 Å². The molecule has 0 radical (unpaired) electrons. The van der Waals surface area contributed by atoms with E-state index in [1.54, 1.807) is 0 Å². The zero-order valence-corrected chi connectivity index (χ0v) is 16.3. The van der Waals surface area contributed by atoms with Gasteiger partial charge in [0.2, 0.25) is 0 Å². The van der Waals surface area contributed by atoms with Crippen LogP contribution in [0.3, 0.4) is 0 Å². The molecule has 0 bridgehead atoms. The summed E-state index contributed by atoms with van der Waals surface area (Å²) in [5.41, 5.74) is 4.18. The second-order valence-electron chi connectivity index (χ2n) is 7.11. The van der Waals surface area contributed by atoms with Crippen LogP contribution in [0.2, 0.25) is 0 Å². The molecule has 1 aromatic carbocycles. The average molecular weight is 361 g/mol. The smallest absolute Gasteiger partial charge is 0.152 e. The molecule has 140 valence electrons. The Labute approximate surface area is 159 Å². The highest BCUT2D eigenvalue weighted by Crippen LogP contribution is 2.35. The molecule has 4 rings (SSSR count). The molecular weight excluding hydrogens is 334 g/mol. The third-order valence-electron chi connectivity index (χ3n) is 5.24. The van der Waals surface area contributed by atoms with Crippen LogP contribution in [0.15, 0.2) is 42.7 Å². The van der Waals surface area contributed by atoms with Crippen LogP contribution in [0, 0.1) is 0 Å². The van der Waals surface area contributed by atoms with Crippen LogP contribution >= 0.6 is 0 Å². The largest absolute Gasteiger partial charge is 0.371 e. The van der Waals surface area contributed by atoms with Crippen LogP contribution in [0.5, 0.6) is 0 Å². The molecule has 0 fully saturated rings. The number of aromatic nitrogens is 4. The lowest BCUT2D eigenvalue weighted by molar-refractivity contribution is 0.532. The molecular formula is C22H27N5. The first-order valence-corrected chi connectivity index (χ1v) is 9.89. The van der Waals surface area contributed by atoms with E-state index in [9.17, 15) is 0 Å². The molecule has 0 aliphatic rings. The number of para-hydroxylation sites is 1. The number of benzene rings is 1. The summed E-state index contributed by atoms with van der Waals surface area (Å²) in [5, 5.41) is 4.44. The van der Waals surface area contributed by atoms with Gasteiger partial charge in [0.1, 0.15) is 17.0 Å². The lowest BCUT2D eigenvalue weighted by Crippen LogP contribution is -2.05. The van der Waals surface area contributed by atoms with E-state index in [1.165, 1.54) is 5.39 Å². The summed E-state index contributed by atoms with van der Waals surface area (Å²) < 4.78 is 2.23. The predicted molar refractivity (Wildman–Crippen MR) is 112 cm³/mol. The van der Waals surface area contributed by atoms with E-state index in [0.29, 0.717) is 5.92 Å². The van der Waals surface area contributed by atoms with Gasteiger partial charge in [-0.05, 0) is 25.0 Å². The lowest BCUT2D eigenvalue weighted by Gasteiger charge is -2.14. The molecule has 27 heavy (non-hydrogen) atoms. The van der Waals surface area contributed by atoms with Crippen molar-refractivity contribution >= 4 is 22.2 Å². The Bertz CT molecular complexity index is 1020. The normalized spacial score (nSPS) is 11.7. The Balaban J connectivity index is 1.96. The fourth-order valence-electron chi connectivity index (χ4n) is 4.02. The Morgan fingerprint density at radius 1 is 1.15 bits per heavy atom. The van der Waals surface area contributed by atoms with Gasteiger partial charge in [0.15, 0.2) is 5.82 Å². The number of H-pyrrole nitrogens is 1. The molecule has 0 atom stereocenters. The van der Waals surface area contributed by atoms with Crippen molar-refractivity contribution < 1.29 is 0 Å². The minimum Gasteiger partial charge on any atom is -0.371 e. The summed E-state index contributed by atoms with van der Waals surface area (Å²) in [7, 11) is 1.92. The Kier molecular flexibility index (Phi) is 4.84. The van der Waals surface area contributed by atoms with Gasteiger partial charge in [-0.1, -0.05) is 44.9 Å². The summed E-state index contributed by atoms with van der Waals surface area (Å²) in [6.07, 6.45) is 8.51. The van der Waals surface area contributed by atoms with Crippen LogP contribution in [0.4, 0.5) is 5.82 Å². The van der Waals surface area contributed by atoms with Crippen LogP contribution in [-0.4, -0.2) is 26.4 Å². The second kappa shape index (κ2) is 7.43. The minimum absolute atomic E-state index is 0.456. The van der Waals surface area contributed by atoms with Crippen molar-refractivity contribution in [3.63, 3.8) is 0 Å². The van der Waals surface area contributed by atoms with Crippen molar-refractivity contribution in [2.24, 2.45) is 0 Å². The van der Waals surface area contributed by atoms with E-state index in [-0.39, 0.29) is 0 Å². The number of imidazole rings is 1. The highest BCUT2D eigenvalue weighted by Gasteiger charge is 2.22. The van der Waals surface area contributed by atoms with Crippen molar-refractivity contribution in [1.29, 1.82) is 0 Å². The third-order valence-corrected chi connectivity index (χ3v) is 5.24. The van der Waals surface area contributed by atoms with E-state index in [4.69, 9.17) is 4.98 Å². The maximum Gasteiger partial charge on any atom is 0.152 e. The standard InChI is InChI=1S/C22H27N5/c1-4-8-15(9-5-2)22-26-19(20-21(23-3)24-12-13-27(20)22)18-14-16-10-6-7-11-17(16)25-18/h6-7,10-15,25H,4-5,8-9H2,1-3H3,(H,23,24). The minimum atomic E-state index is 0.456. The molecule has 0 saturated carbocycles. The Morgan fingerprint density at radius 3 is 2.63 bits per heavy atom. The van der Waals surface area contributed by atoms with Gasteiger partial charge in [-0.25, -0.2) is 9.97 Å². The van der Waals surface area contributed by atoms with Crippen molar-refractivity contribution in [3.05, 3.63) is 48.5 Å². The highest BCUT2D eigenvalue weighted by molar-refractivity contribution is 5.91. The molecule has 5 nitrogen and oxygen atoms in total. The highest BCUT2D eigenvalue weighted by atomic mass is 15.1. The number of hydrogen-bond donors (Lipinski definition) is 2. The van der Waals surface area contributed by atoms with Gasteiger partial charge in [-0.15, -0.1) is 0 Å². The van der Waals surface area contributed by atoms with Gasteiger partial charge >= 0.3 is 0 Å². The second-order valence-corrected chi connectivity index (χ2v) is 7.11. The fraction of sp³-hybridized carbons (Fsp3) is 0.364. The van der Waals surface area contributed by atoms with Gasteiger partial charge in [-0.2, -0.15) is 0 Å². The molecule has 0 aliphatic heterocycles. The van der Waals surface area contributed by atoms with E-state index in [2.05, 4.69) is 63.9 Å². The number of fused-ring (bicyclic) bond motifs is 2. The third kappa shape index (κ3) is 3.07. The zero-order valence-electron chi connectivity index (χ0n) is 16.3. The Morgan fingerprint density at radius 2 is 1.93 bits per heavy atom. The van der Waals surface area contributed by atoms with Crippen molar-refractivity contribution in [3.8, 4) is 11.4 Å². The van der Waals surface area contributed by atoms with Crippen molar-refractivity contribution in [2.75, 3.05) is 12.4 Å². The molecule has 0 aliphatic carbocycles. The van der Waals surface area contributed by atoms with E-state index < -0.39 is 0 Å². The molecule has 0 saturated heterocycles. The van der Waals surface area contributed by atoms with Gasteiger partial charge in [-0.3, -0.25) is 4.40 Å².